The van der Waals surface area contributed by atoms with Gasteiger partial charge in [0.25, 0.3) is 5.56 Å². The molecule has 0 spiro atoms. The molecule has 0 atom stereocenters. The lowest BCUT2D eigenvalue weighted by Crippen LogP contribution is -2.50. The molecule has 0 aromatic carbocycles. The zero-order valence-corrected chi connectivity index (χ0v) is 26.7. The van der Waals surface area contributed by atoms with Crippen LogP contribution in [0.5, 0.6) is 0 Å². The molecule has 0 unspecified atom stereocenters. The zero-order chi connectivity index (χ0) is 32.3. The summed E-state index contributed by atoms with van der Waals surface area (Å²) in [7, 11) is 0. The molecule has 1 amide bonds. The normalized spacial score (nSPS) is 14.1. The second-order valence-electron chi connectivity index (χ2n) is 12.6. The van der Waals surface area contributed by atoms with Crippen molar-refractivity contribution in [2.24, 2.45) is 5.41 Å². The van der Waals surface area contributed by atoms with Gasteiger partial charge in [0.15, 0.2) is 17.9 Å². The maximum Gasteiger partial charge on any atom is 0.410 e. The molecule has 3 heterocycles. The second kappa shape index (κ2) is 13.0. The Bertz CT molecular complexity index is 1510. The van der Waals surface area contributed by atoms with Gasteiger partial charge >= 0.3 is 23.7 Å². The van der Waals surface area contributed by atoms with Gasteiger partial charge in [0.1, 0.15) is 12.1 Å². The number of hydrogen-bond acceptors (Lipinski definition) is 10. The smallest absolute Gasteiger partial charge is 0.410 e. The topological polar surface area (TPSA) is 147 Å². The van der Waals surface area contributed by atoms with Gasteiger partial charge in [0.05, 0.1) is 12.0 Å². The highest BCUT2D eigenvalue weighted by atomic mass is 16.6. The summed E-state index contributed by atoms with van der Waals surface area (Å²) in [6, 6.07) is 0. The predicted octanol–water partition coefficient (Wildman–Crippen LogP) is 2.49. The third kappa shape index (κ3) is 8.05. The lowest BCUT2D eigenvalue weighted by Gasteiger charge is -2.36. The van der Waals surface area contributed by atoms with Crippen LogP contribution in [-0.2, 0) is 43.6 Å². The molecule has 14 heteroatoms. The van der Waals surface area contributed by atoms with E-state index in [4.69, 9.17) is 19.2 Å². The first-order chi connectivity index (χ1) is 19.9. The highest BCUT2D eigenvalue weighted by molar-refractivity contribution is 5.78. The Balaban J connectivity index is 2.15. The standard InChI is InChI=1S/C29H44N6O8/c1-10-41-20(36)17-34-22-21(23(37)35(26(34)39)18-42-24(38)28(4,5)6)33(12-11-19(2)3)25(30-22)31-13-15-32(16-14-31)27(40)43-29(7,8)9/h11H,10,12-18H2,1-9H3. The van der Waals surface area contributed by atoms with Gasteiger partial charge in [-0.25, -0.2) is 14.2 Å². The molecule has 43 heavy (non-hydrogen) atoms. The van der Waals surface area contributed by atoms with Crippen molar-refractivity contribution in [1.29, 1.82) is 0 Å². The Morgan fingerprint density at radius 3 is 2.07 bits per heavy atom. The number of fused-ring (bicyclic) bond motifs is 1. The van der Waals surface area contributed by atoms with Gasteiger partial charge in [-0.3, -0.25) is 19.0 Å². The fraction of sp³-hybridized carbons (Fsp3) is 0.655. The fourth-order valence-corrected chi connectivity index (χ4v) is 4.31. The van der Waals surface area contributed by atoms with Crippen molar-refractivity contribution in [2.75, 3.05) is 37.7 Å². The monoisotopic (exact) mass is 604 g/mol. The molecule has 0 radical (unpaired) electrons. The van der Waals surface area contributed by atoms with Crippen LogP contribution in [0.3, 0.4) is 0 Å². The van der Waals surface area contributed by atoms with E-state index < -0.39 is 53.6 Å². The van der Waals surface area contributed by atoms with Gasteiger partial charge in [0, 0.05) is 32.7 Å². The van der Waals surface area contributed by atoms with Crippen molar-refractivity contribution in [2.45, 2.75) is 87.7 Å². The van der Waals surface area contributed by atoms with E-state index in [1.807, 2.05) is 24.8 Å². The number of ether oxygens (including phenoxy) is 3. The summed E-state index contributed by atoms with van der Waals surface area (Å²) >= 11 is 0. The molecule has 0 N–H and O–H groups in total. The minimum atomic E-state index is -0.864. The lowest BCUT2D eigenvalue weighted by atomic mass is 9.98. The third-order valence-electron chi connectivity index (χ3n) is 6.52. The Morgan fingerprint density at radius 2 is 1.53 bits per heavy atom. The number of amides is 1. The van der Waals surface area contributed by atoms with Crippen LogP contribution in [0.1, 0.15) is 62.3 Å². The number of piperazine rings is 1. The summed E-state index contributed by atoms with van der Waals surface area (Å²) in [5, 5.41) is 0. The Morgan fingerprint density at radius 1 is 0.907 bits per heavy atom. The highest BCUT2D eigenvalue weighted by Gasteiger charge is 2.31. The molecule has 3 rings (SSSR count). The number of allylic oxidation sites excluding steroid dienone is 2. The van der Waals surface area contributed by atoms with E-state index in [9.17, 15) is 24.0 Å². The van der Waals surface area contributed by atoms with E-state index in [1.165, 1.54) is 0 Å². The Labute approximate surface area is 250 Å². The number of aromatic nitrogens is 4. The van der Waals surface area contributed by atoms with Crippen LogP contribution >= 0.6 is 0 Å². The fourth-order valence-electron chi connectivity index (χ4n) is 4.31. The summed E-state index contributed by atoms with van der Waals surface area (Å²) < 4.78 is 19.5. The van der Waals surface area contributed by atoms with Crippen molar-refractivity contribution in [3.05, 3.63) is 32.5 Å². The van der Waals surface area contributed by atoms with Crippen LogP contribution in [0.4, 0.5) is 10.7 Å². The largest absolute Gasteiger partial charge is 0.465 e. The quantitative estimate of drug-likeness (QED) is 0.250. The van der Waals surface area contributed by atoms with Crippen molar-refractivity contribution in [3.8, 4) is 0 Å². The molecular weight excluding hydrogens is 560 g/mol. The van der Waals surface area contributed by atoms with Crippen molar-refractivity contribution in [1.82, 2.24) is 23.6 Å². The van der Waals surface area contributed by atoms with Crippen LogP contribution < -0.4 is 16.1 Å². The molecule has 1 aliphatic rings. The summed E-state index contributed by atoms with van der Waals surface area (Å²) in [6.45, 7) is 16.5. The number of carbonyl (C=O) groups is 3. The number of anilines is 1. The minimum absolute atomic E-state index is 0.00757. The van der Waals surface area contributed by atoms with E-state index in [1.54, 1.807) is 57.9 Å². The molecule has 1 fully saturated rings. The number of rotatable bonds is 8. The first kappa shape index (κ1) is 33.4. The number of imidazole rings is 1. The summed E-state index contributed by atoms with van der Waals surface area (Å²) in [5.74, 6) is -0.888. The van der Waals surface area contributed by atoms with Gasteiger partial charge < -0.3 is 28.6 Å². The van der Waals surface area contributed by atoms with Gasteiger partial charge in [-0.05, 0) is 62.3 Å². The third-order valence-corrected chi connectivity index (χ3v) is 6.52. The van der Waals surface area contributed by atoms with E-state index in [2.05, 4.69) is 0 Å². The molecule has 0 saturated carbocycles. The Kier molecular flexibility index (Phi) is 10.1. The van der Waals surface area contributed by atoms with Gasteiger partial charge in [-0.1, -0.05) is 11.6 Å². The average molecular weight is 605 g/mol. The maximum absolute atomic E-state index is 13.9. The summed E-state index contributed by atoms with van der Waals surface area (Å²) in [6.07, 6.45) is 1.49. The van der Waals surface area contributed by atoms with Gasteiger partial charge in [0.2, 0.25) is 5.95 Å². The molecule has 1 aliphatic heterocycles. The molecule has 1 saturated heterocycles. The van der Waals surface area contributed by atoms with E-state index in [-0.39, 0.29) is 24.3 Å². The van der Waals surface area contributed by atoms with Crippen LogP contribution in [0.25, 0.3) is 11.2 Å². The first-order valence-corrected chi connectivity index (χ1v) is 14.4. The molecular formula is C29H44N6O8. The minimum Gasteiger partial charge on any atom is -0.465 e. The van der Waals surface area contributed by atoms with Crippen molar-refractivity contribution in [3.63, 3.8) is 0 Å². The predicted molar refractivity (Wildman–Crippen MR) is 160 cm³/mol. The number of carbonyl (C=O) groups excluding carboxylic acids is 3. The van der Waals surface area contributed by atoms with Gasteiger partial charge in [-0.15, -0.1) is 0 Å². The molecule has 2 aromatic heterocycles. The molecule has 14 nitrogen and oxygen atoms in total. The van der Waals surface area contributed by atoms with E-state index in [0.29, 0.717) is 32.1 Å². The zero-order valence-electron chi connectivity index (χ0n) is 26.7. The van der Waals surface area contributed by atoms with Crippen LogP contribution in [0, 0.1) is 5.41 Å². The molecule has 2 aromatic rings. The van der Waals surface area contributed by atoms with E-state index in [0.717, 1.165) is 14.7 Å². The molecule has 0 bridgehead atoms. The first-order valence-electron chi connectivity index (χ1n) is 14.4. The van der Waals surface area contributed by atoms with Crippen LogP contribution in [-0.4, -0.2) is 80.0 Å². The average Bonchev–Trinajstić information content (AvgIpc) is 3.28. The van der Waals surface area contributed by atoms with E-state index >= 15 is 0 Å². The molecule has 238 valence electrons. The number of hydrogen-bond donors (Lipinski definition) is 0. The SMILES string of the molecule is CCOC(=O)Cn1c(=O)n(COC(=O)C(C)(C)C)c(=O)c2c1nc(N1CCN(C(=O)OC(C)(C)C)CC1)n2CC=C(C)C. The lowest BCUT2D eigenvalue weighted by molar-refractivity contribution is -0.157. The highest BCUT2D eigenvalue weighted by Crippen LogP contribution is 2.23. The summed E-state index contributed by atoms with van der Waals surface area (Å²) in [5.41, 5.74) is -2.00. The van der Waals surface area contributed by atoms with Crippen LogP contribution in [0.2, 0.25) is 0 Å². The number of nitrogens with zero attached hydrogens (tertiary/aromatic N) is 6. The van der Waals surface area contributed by atoms with Gasteiger partial charge in [-0.2, -0.15) is 4.98 Å². The Hall–Kier alpha value is -4.10. The number of esters is 2. The van der Waals surface area contributed by atoms with Crippen molar-refractivity contribution < 1.29 is 28.6 Å². The van der Waals surface area contributed by atoms with Crippen molar-refractivity contribution >= 4 is 35.1 Å². The summed E-state index contributed by atoms with van der Waals surface area (Å²) in [4.78, 5) is 73.4. The van der Waals surface area contributed by atoms with Crippen LogP contribution in [0.15, 0.2) is 21.2 Å². The molecule has 0 aliphatic carbocycles. The maximum atomic E-state index is 13.9. The second-order valence-corrected chi connectivity index (χ2v) is 12.6.